The van der Waals surface area contributed by atoms with Gasteiger partial charge in [0.15, 0.2) is 0 Å². The number of anilines is 1. The van der Waals surface area contributed by atoms with Crippen LogP contribution in [-0.2, 0) is 6.54 Å². The number of carbonyl (C=O) groups is 2. The van der Waals surface area contributed by atoms with Crippen LogP contribution in [-0.4, -0.2) is 26.6 Å². The summed E-state index contributed by atoms with van der Waals surface area (Å²) in [6.07, 6.45) is 1.56. The number of benzene rings is 2. The van der Waals surface area contributed by atoms with Gasteiger partial charge in [0.25, 0.3) is 11.8 Å². The second-order valence-corrected chi connectivity index (χ2v) is 8.10. The van der Waals surface area contributed by atoms with Crippen LogP contribution in [0.5, 0.6) is 0 Å². The normalized spacial score (nSPS) is 10.9. The van der Waals surface area contributed by atoms with Crippen LogP contribution in [0.1, 0.15) is 57.4 Å². The Balaban J connectivity index is 1.69. The summed E-state index contributed by atoms with van der Waals surface area (Å²) in [5.74, 6) is -1.83. The molecule has 2 amide bonds. The molecule has 0 unspecified atom stereocenters. The zero-order valence-corrected chi connectivity index (χ0v) is 18.5. The topological polar surface area (TPSA) is 127 Å². The Bertz CT molecular complexity index is 1450. The van der Waals surface area contributed by atoms with Crippen molar-refractivity contribution in [3.05, 3.63) is 88.6 Å². The Morgan fingerprint density at radius 3 is 2.56 bits per heavy atom. The standard InChI is InChI=1S/C25H21FN6O2/c1-14(2)23-22(12-29-32(23)13-16-5-3-15(11-27)4-6-16)31-25(34)19-10-21(24(28)33)30-20-9-17(26)7-8-18(19)20/h3-10,12,14H,13H2,1-2H3,(H2,28,33)(H,31,34). The van der Waals surface area contributed by atoms with E-state index in [-0.39, 0.29) is 22.7 Å². The summed E-state index contributed by atoms with van der Waals surface area (Å²) in [5, 5.41) is 16.7. The van der Waals surface area contributed by atoms with Crippen molar-refractivity contribution in [3.8, 4) is 6.07 Å². The third-order valence-electron chi connectivity index (χ3n) is 5.36. The molecule has 2 heterocycles. The molecule has 0 aliphatic heterocycles. The zero-order valence-electron chi connectivity index (χ0n) is 18.5. The number of primary amides is 1. The van der Waals surface area contributed by atoms with E-state index in [2.05, 4.69) is 21.5 Å². The number of fused-ring (bicyclic) bond motifs is 1. The summed E-state index contributed by atoms with van der Waals surface area (Å²) >= 11 is 0. The average molecular weight is 456 g/mol. The molecule has 0 aliphatic carbocycles. The van der Waals surface area contributed by atoms with Crippen LogP contribution >= 0.6 is 0 Å². The van der Waals surface area contributed by atoms with E-state index in [1.165, 1.54) is 18.2 Å². The lowest BCUT2D eigenvalue weighted by Gasteiger charge is -2.14. The first-order chi connectivity index (χ1) is 16.3. The fraction of sp³-hybridized carbons (Fsp3) is 0.160. The van der Waals surface area contributed by atoms with Crippen LogP contribution in [0.2, 0.25) is 0 Å². The summed E-state index contributed by atoms with van der Waals surface area (Å²) in [6, 6.07) is 14.4. The zero-order chi connectivity index (χ0) is 24.4. The van der Waals surface area contributed by atoms with Crippen molar-refractivity contribution in [2.75, 3.05) is 5.32 Å². The van der Waals surface area contributed by atoms with Crippen LogP contribution in [0.25, 0.3) is 10.9 Å². The number of halogens is 1. The number of nitriles is 1. The van der Waals surface area contributed by atoms with Crippen molar-refractivity contribution in [3.63, 3.8) is 0 Å². The number of hydrogen-bond donors (Lipinski definition) is 2. The lowest BCUT2D eigenvalue weighted by atomic mass is 10.1. The predicted octanol–water partition coefficient (Wildman–Crippen LogP) is 3.96. The first kappa shape index (κ1) is 22.6. The highest BCUT2D eigenvalue weighted by Gasteiger charge is 2.20. The van der Waals surface area contributed by atoms with E-state index in [4.69, 9.17) is 11.0 Å². The van der Waals surface area contributed by atoms with Crippen molar-refractivity contribution >= 4 is 28.4 Å². The molecule has 0 bridgehead atoms. The van der Waals surface area contributed by atoms with Gasteiger partial charge in [0, 0.05) is 11.5 Å². The Kier molecular flexibility index (Phi) is 6.06. The maximum absolute atomic E-state index is 13.7. The molecule has 4 rings (SSSR count). The average Bonchev–Trinajstić information content (AvgIpc) is 3.20. The van der Waals surface area contributed by atoms with Gasteiger partial charge in [-0.3, -0.25) is 14.3 Å². The molecule has 4 aromatic rings. The Labute approximate surface area is 194 Å². The second kappa shape index (κ2) is 9.11. The van der Waals surface area contributed by atoms with Crippen LogP contribution in [0, 0.1) is 17.1 Å². The fourth-order valence-electron chi connectivity index (χ4n) is 3.79. The monoisotopic (exact) mass is 456 g/mol. The third-order valence-corrected chi connectivity index (χ3v) is 5.36. The van der Waals surface area contributed by atoms with Gasteiger partial charge < -0.3 is 11.1 Å². The van der Waals surface area contributed by atoms with E-state index in [0.29, 0.717) is 23.2 Å². The van der Waals surface area contributed by atoms with E-state index in [1.807, 2.05) is 26.0 Å². The molecule has 0 atom stereocenters. The van der Waals surface area contributed by atoms with Crippen LogP contribution in [0.15, 0.2) is 54.7 Å². The van der Waals surface area contributed by atoms with Crippen LogP contribution < -0.4 is 11.1 Å². The van der Waals surface area contributed by atoms with Gasteiger partial charge in [0.1, 0.15) is 11.5 Å². The molecule has 0 spiro atoms. The van der Waals surface area contributed by atoms with Crippen molar-refractivity contribution in [2.24, 2.45) is 5.73 Å². The maximum atomic E-state index is 13.7. The molecule has 34 heavy (non-hydrogen) atoms. The first-order valence-electron chi connectivity index (χ1n) is 10.5. The quantitative estimate of drug-likeness (QED) is 0.454. The summed E-state index contributed by atoms with van der Waals surface area (Å²) in [6.45, 7) is 4.42. The molecule has 0 aliphatic rings. The number of rotatable bonds is 6. The summed E-state index contributed by atoms with van der Waals surface area (Å²) in [5.41, 5.74) is 8.37. The number of nitrogens with one attached hydrogen (secondary N) is 1. The van der Waals surface area contributed by atoms with E-state index < -0.39 is 17.6 Å². The smallest absolute Gasteiger partial charge is 0.267 e. The molecule has 0 radical (unpaired) electrons. The van der Waals surface area contributed by atoms with E-state index in [0.717, 1.165) is 17.3 Å². The minimum atomic E-state index is -0.821. The molecule has 0 fully saturated rings. The molecule has 2 aromatic heterocycles. The van der Waals surface area contributed by atoms with Gasteiger partial charge >= 0.3 is 0 Å². The molecule has 170 valence electrons. The Hall–Kier alpha value is -4.58. The highest BCUT2D eigenvalue weighted by Crippen LogP contribution is 2.27. The minimum Gasteiger partial charge on any atom is -0.364 e. The van der Waals surface area contributed by atoms with Crippen molar-refractivity contribution < 1.29 is 14.0 Å². The van der Waals surface area contributed by atoms with Gasteiger partial charge in [-0.25, -0.2) is 9.37 Å². The van der Waals surface area contributed by atoms with Gasteiger partial charge in [-0.1, -0.05) is 26.0 Å². The SMILES string of the molecule is CC(C)c1c(NC(=O)c2cc(C(N)=O)nc3cc(F)ccc23)cnn1Cc1ccc(C#N)cc1. The lowest BCUT2D eigenvalue weighted by Crippen LogP contribution is -2.18. The largest absolute Gasteiger partial charge is 0.364 e. The number of amides is 2. The number of hydrogen-bond acceptors (Lipinski definition) is 5. The summed E-state index contributed by atoms with van der Waals surface area (Å²) in [7, 11) is 0. The maximum Gasteiger partial charge on any atom is 0.267 e. The molecular formula is C25H21FN6O2. The molecular weight excluding hydrogens is 435 g/mol. The van der Waals surface area contributed by atoms with Gasteiger partial charge in [0.05, 0.1) is 46.8 Å². The summed E-state index contributed by atoms with van der Waals surface area (Å²) < 4.78 is 15.5. The number of pyridine rings is 1. The minimum absolute atomic E-state index is 0.0284. The van der Waals surface area contributed by atoms with E-state index >= 15 is 0 Å². The number of nitrogens with zero attached hydrogens (tertiary/aromatic N) is 4. The lowest BCUT2D eigenvalue weighted by molar-refractivity contribution is 0.0996. The highest BCUT2D eigenvalue weighted by molar-refractivity contribution is 6.13. The van der Waals surface area contributed by atoms with Crippen molar-refractivity contribution in [2.45, 2.75) is 26.3 Å². The van der Waals surface area contributed by atoms with Crippen molar-refractivity contribution in [1.29, 1.82) is 5.26 Å². The Morgan fingerprint density at radius 2 is 1.91 bits per heavy atom. The molecule has 3 N–H and O–H groups in total. The van der Waals surface area contributed by atoms with Crippen LogP contribution in [0.3, 0.4) is 0 Å². The van der Waals surface area contributed by atoms with E-state index in [9.17, 15) is 14.0 Å². The molecule has 9 heteroatoms. The van der Waals surface area contributed by atoms with Gasteiger partial charge in [-0.05, 0) is 41.8 Å². The van der Waals surface area contributed by atoms with Gasteiger partial charge in [-0.15, -0.1) is 0 Å². The first-order valence-corrected chi connectivity index (χ1v) is 10.5. The van der Waals surface area contributed by atoms with Crippen molar-refractivity contribution in [1.82, 2.24) is 14.8 Å². The van der Waals surface area contributed by atoms with Gasteiger partial charge in [0.2, 0.25) is 0 Å². The molecule has 8 nitrogen and oxygen atoms in total. The molecule has 0 saturated heterocycles. The van der Waals surface area contributed by atoms with Gasteiger partial charge in [-0.2, -0.15) is 10.4 Å². The fourth-order valence-corrected chi connectivity index (χ4v) is 3.79. The number of aromatic nitrogens is 3. The predicted molar refractivity (Wildman–Crippen MR) is 125 cm³/mol. The third kappa shape index (κ3) is 4.47. The number of nitrogens with two attached hydrogens (primary N) is 1. The Morgan fingerprint density at radius 1 is 1.18 bits per heavy atom. The van der Waals surface area contributed by atoms with Crippen LogP contribution in [0.4, 0.5) is 10.1 Å². The van der Waals surface area contributed by atoms with E-state index in [1.54, 1.807) is 23.0 Å². The highest BCUT2D eigenvalue weighted by atomic mass is 19.1. The molecule has 0 saturated carbocycles. The molecule has 2 aromatic carbocycles. The second-order valence-electron chi connectivity index (χ2n) is 8.10. The number of carbonyl (C=O) groups excluding carboxylic acids is 2. The summed E-state index contributed by atoms with van der Waals surface area (Å²) in [4.78, 5) is 29.0.